The average Bonchev–Trinajstić information content (AvgIpc) is 3.06. The van der Waals surface area contributed by atoms with Crippen LogP contribution in [0.4, 0.5) is 0 Å². The molecule has 8 nitrogen and oxygen atoms in total. The number of aromatic nitrogens is 3. The zero-order valence-electron chi connectivity index (χ0n) is 10.9. The van der Waals surface area contributed by atoms with E-state index in [2.05, 4.69) is 15.6 Å². The maximum absolute atomic E-state index is 12.1. The number of benzene rings is 1. The minimum absolute atomic E-state index is 0.0700. The van der Waals surface area contributed by atoms with Gasteiger partial charge in [0, 0.05) is 5.56 Å². The number of nitrogens with one attached hydrogen (secondary N) is 1. The molecule has 1 atom stereocenters. The summed E-state index contributed by atoms with van der Waals surface area (Å²) in [5.41, 5.74) is 0.976. The molecule has 1 unspecified atom stereocenters. The number of carboxylic acid groups (broad SMARTS) is 1. The van der Waals surface area contributed by atoms with Crippen LogP contribution in [0.25, 0.3) is 0 Å². The molecule has 0 spiro atoms. The Bertz CT molecular complexity index is 697. The lowest BCUT2D eigenvalue weighted by atomic mass is 10.1. The topological polar surface area (TPSA) is 106 Å². The molecule has 1 aliphatic rings. The van der Waals surface area contributed by atoms with Crippen molar-refractivity contribution in [3.05, 3.63) is 41.7 Å². The highest BCUT2D eigenvalue weighted by Crippen LogP contribution is 2.31. The van der Waals surface area contributed by atoms with E-state index in [1.54, 1.807) is 0 Å². The maximum atomic E-state index is 12.1. The zero-order valence-corrected chi connectivity index (χ0v) is 10.9. The van der Waals surface area contributed by atoms with Crippen LogP contribution in [0.1, 0.15) is 22.1 Å². The second kappa shape index (κ2) is 5.23. The molecule has 21 heavy (non-hydrogen) atoms. The third-order valence-corrected chi connectivity index (χ3v) is 3.07. The Morgan fingerprint density at radius 3 is 3.05 bits per heavy atom. The minimum atomic E-state index is -1.05. The number of carbonyl (C=O) groups excluding carboxylic acids is 1. The molecule has 3 rings (SSSR count). The first-order chi connectivity index (χ1) is 10.1. The Balaban J connectivity index is 1.70. The molecule has 0 saturated carbocycles. The summed E-state index contributed by atoms with van der Waals surface area (Å²) >= 11 is 0. The van der Waals surface area contributed by atoms with E-state index < -0.39 is 11.9 Å². The van der Waals surface area contributed by atoms with E-state index in [0.717, 1.165) is 16.0 Å². The highest BCUT2D eigenvalue weighted by atomic mass is 16.5. The van der Waals surface area contributed by atoms with Gasteiger partial charge in [-0.15, -0.1) is 5.10 Å². The Morgan fingerprint density at radius 1 is 1.43 bits per heavy atom. The number of nitrogens with zero attached hydrogens (tertiary/aromatic N) is 3. The van der Waals surface area contributed by atoms with Crippen molar-refractivity contribution in [2.24, 2.45) is 0 Å². The molecular weight excluding hydrogens is 276 g/mol. The normalized spacial score (nSPS) is 16.1. The van der Waals surface area contributed by atoms with Gasteiger partial charge in [-0.05, 0) is 6.07 Å². The lowest BCUT2D eigenvalue weighted by Gasteiger charge is -2.09. The van der Waals surface area contributed by atoms with Crippen LogP contribution in [0.15, 0.2) is 30.5 Å². The van der Waals surface area contributed by atoms with Crippen molar-refractivity contribution in [2.75, 3.05) is 6.61 Å². The average molecular weight is 288 g/mol. The molecule has 1 aromatic heterocycles. The number of amides is 1. The molecule has 2 heterocycles. The Hall–Kier alpha value is -2.90. The first-order valence-corrected chi connectivity index (χ1v) is 6.28. The van der Waals surface area contributed by atoms with Crippen LogP contribution in [0, 0.1) is 0 Å². The molecule has 0 bridgehead atoms. The van der Waals surface area contributed by atoms with E-state index in [0.29, 0.717) is 6.61 Å². The van der Waals surface area contributed by atoms with Crippen LogP contribution in [0.2, 0.25) is 0 Å². The van der Waals surface area contributed by atoms with Crippen molar-refractivity contribution < 1.29 is 19.4 Å². The van der Waals surface area contributed by atoms with Crippen molar-refractivity contribution in [3.63, 3.8) is 0 Å². The van der Waals surface area contributed by atoms with Gasteiger partial charge in [0.25, 0.3) is 5.91 Å². The van der Waals surface area contributed by atoms with Gasteiger partial charge < -0.3 is 15.2 Å². The smallest absolute Gasteiger partial charge is 0.325 e. The van der Waals surface area contributed by atoms with Gasteiger partial charge >= 0.3 is 5.97 Å². The SMILES string of the molecule is O=C(O)Cn1cc(C(=O)NC2COc3ccccc32)nn1. The zero-order chi connectivity index (χ0) is 14.8. The van der Waals surface area contributed by atoms with Gasteiger partial charge in [0.2, 0.25) is 0 Å². The molecular formula is C13H12N4O4. The highest BCUT2D eigenvalue weighted by molar-refractivity contribution is 5.92. The molecule has 1 aromatic carbocycles. The number of hydrogen-bond acceptors (Lipinski definition) is 5. The van der Waals surface area contributed by atoms with E-state index in [4.69, 9.17) is 9.84 Å². The van der Waals surface area contributed by atoms with E-state index in [9.17, 15) is 9.59 Å². The van der Waals surface area contributed by atoms with Gasteiger partial charge in [0.15, 0.2) is 5.69 Å². The van der Waals surface area contributed by atoms with Crippen molar-refractivity contribution in [1.82, 2.24) is 20.3 Å². The summed E-state index contributed by atoms with van der Waals surface area (Å²) in [5.74, 6) is -0.723. The number of hydrogen-bond donors (Lipinski definition) is 2. The monoisotopic (exact) mass is 288 g/mol. The quantitative estimate of drug-likeness (QED) is 0.834. The maximum Gasteiger partial charge on any atom is 0.325 e. The summed E-state index contributed by atoms with van der Waals surface area (Å²) in [6.07, 6.45) is 1.30. The Kier molecular flexibility index (Phi) is 3.27. The number of fused-ring (bicyclic) bond motifs is 1. The number of carboxylic acids is 1. The standard InChI is InChI=1S/C13H12N4O4/c18-12(19)6-17-5-9(15-16-17)13(20)14-10-7-21-11-4-2-1-3-8(10)11/h1-5,10H,6-7H2,(H,14,20)(H,18,19). The largest absolute Gasteiger partial charge is 0.491 e. The van der Waals surface area contributed by atoms with E-state index in [1.807, 2.05) is 24.3 Å². The number of ether oxygens (including phenoxy) is 1. The van der Waals surface area contributed by atoms with Crippen LogP contribution < -0.4 is 10.1 Å². The van der Waals surface area contributed by atoms with Crippen LogP contribution in [-0.4, -0.2) is 38.6 Å². The lowest BCUT2D eigenvalue weighted by molar-refractivity contribution is -0.137. The number of aliphatic carboxylic acids is 1. The summed E-state index contributed by atoms with van der Waals surface area (Å²) in [6.45, 7) is 0.0179. The number of rotatable bonds is 4. The van der Waals surface area contributed by atoms with Crippen molar-refractivity contribution in [1.29, 1.82) is 0 Å². The minimum Gasteiger partial charge on any atom is -0.491 e. The fourth-order valence-corrected chi connectivity index (χ4v) is 2.13. The van der Waals surface area contributed by atoms with Gasteiger partial charge in [-0.2, -0.15) is 0 Å². The number of carbonyl (C=O) groups is 2. The van der Waals surface area contributed by atoms with Gasteiger partial charge in [-0.3, -0.25) is 9.59 Å². The molecule has 0 fully saturated rings. The van der Waals surface area contributed by atoms with Crippen molar-refractivity contribution in [2.45, 2.75) is 12.6 Å². The molecule has 1 aliphatic heterocycles. The van der Waals surface area contributed by atoms with Crippen molar-refractivity contribution in [3.8, 4) is 5.75 Å². The van der Waals surface area contributed by atoms with Gasteiger partial charge in [0.05, 0.1) is 12.2 Å². The van der Waals surface area contributed by atoms with Crippen LogP contribution >= 0.6 is 0 Å². The Labute approximate surface area is 119 Å². The van der Waals surface area contributed by atoms with Crippen LogP contribution in [0.3, 0.4) is 0 Å². The predicted molar refractivity (Wildman–Crippen MR) is 69.8 cm³/mol. The van der Waals surface area contributed by atoms with E-state index in [1.165, 1.54) is 6.20 Å². The summed E-state index contributed by atoms with van der Waals surface area (Å²) in [7, 11) is 0. The molecule has 108 valence electrons. The first-order valence-electron chi connectivity index (χ1n) is 6.28. The molecule has 0 saturated heterocycles. The number of para-hydroxylation sites is 1. The third-order valence-electron chi connectivity index (χ3n) is 3.07. The van der Waals surface area contributed by atoms with Crippen molar-refractivity contribution >= 4 is 11.9 Å². The molecule has 1 amide bonds. The highest BCUT2D eigenvalue weighted by Gasteiger charge is 2.26. The summed E-state index contributed by atoms with van der Waals surface area (Å²) in [5, 5.41) is 18.7. The van der Waals surface area contributed by atoms with Gasteiger partial charge in [-0.1, -0.05) is 23.4 Å². The fraction of sp³-hybridized carbons (Fsp3) is 0.231. The molecule has 2 N–H and O–H groups in total. The second-order valence-electron chi connectivity index (χ2n) is 4.57. The van der Waals surface area contributed by atoms with Crippen LogP contribution in [0.5, 0.6) is 5.75 Å². The predicted octanol–water partition coefficient (Wildman–Crippen LogP) is 0.226. The molecule has 2 aromatic rings. The van der Waals surface area contributed by atoms with E-state index in [-0.39, 0.29) is 18.3 Å². The molecule has 0 radical (unpaired) electrons. The molecule has 0 aliphatic carbocycles. The van der Waals surface area contributed by atoms with Crippen LogP contribution in [-0.2, 0) is 11.3 Å². The third kappa shape index (κ3) is 2.69. The Morgan fingerprint density at radius 2 is 2.24 bits per heavy atom. The van der Waals surface area contributed by atoms with E-state index >= 15 is 0 Å². The molecule has 8 heteroatoms. The fourth-order valence-electron chi connectivity index (χ4n) is 2.13. The lowest BCUT2D eigenvalue weighted by Crippen LogP contribution is -2.29. The van der Waals surface area contributed by atoms with Gasteiger partial charge in [-0.25, -0.2) is 4.68 Å². The summed E-state index contributed by atoms with van der Waals surface area (Å²) in [4.78, 5) is 22.6. The summed E-state index contributed by atoms with van der Waals surface area (Å²) in [6, 6.07) is 7.20. The summed E-state index contributed by atoms with van der Waals surface area (Å²) < 4.78 is 6.57. The second-order valence-corrected chi connectivity index (χ2v) is 4.57. The van der Waals surface area contributed by atoms with Gasteiger partial charge in [0.1, 0.15) is 18.9 Å². The first kappa shape index (κ1) is 13.1.